The second-order valence-corrected chi connectivity index (χ2v) is 11.3. The minimum atomic E-state index is -4.18. The molecule has 0 bridgehead atoms. The number of carbonyl (C=O) groups is 3. The van der Waals surface area contributed by atoms with Crippen molar-refractivity contribution in [1.29, 1.82) is 0 Å². The van der Waals surface area contributed by atoms with Crippen molar-refractivity contribution in [3.63, 3.8) is 0 Å². The number of carboxylic acids is 1. The minimum Gasteiger partial charge on any atom is -0.499 e. The van der Waals surface area contributed by atoms with E-state index in [2.05, 4.69) is 5.32 Å². The summed E-state index contributed by atoms with van der Waals surface area (Å²) in [4.78, 5) is 38.0. The molecule has 2 aromatic rings. The first-order chi connectivity index (χ1) is 17.1. The van der Waals surface area contributed by atoms with Crippen LogP contribution in [-0.2, 0) is 28.0 Å². The zero-order valence-corrected chi connectivity index (χ0v) is 21.2. The molecule has 36 heavy (non-hydrogen) atoms. The van der Waals surface area contributed by atoms with Gasteiger partial charge in [-0.15, -0.1) is 0 Å². The number of hydrogen-bond donors (Lipinski definition) is 2. The summed E-state index contributed by atoms with van der Waals surface area (Å²) in [5.74, 6) is -2.63. The van der Waals surface area contributed by atoms with Crippen LogP contribution in [0.5, 0.6) is 11.5 Å². The number of carboxylic acid groups (broad SMARTS) is 1. The van der Waals surface area contributed by atoms with Gasteiger partial charge in [0, 0.05) is 10.8 Å². The highest BCUT2D eigenvalue weighted by atomic mass is 33.1. The van der Waals surface area contributed by atoms with Crippen molar-refractivity contribution in [2.45, 2.75) is 23.2 Å². The van der Waals surface area contributed by atoms with E-state index in [1.165, 1.54) is 39.3 Å². The van der Waals surface area contributed by atoms with Gasteiger partial charge in [0.15, 0.2) is 12.3 Å². The molecule has 2 amide bonds. The molecule has 2 unspecified atom stereocenters. The fourth-order valence-electron chi connectivity index (χ4n) is 3.34. The average molecular weight is 537 g/mol. The monoisotopic (exact) mass is 536 g/mol. The molecule has 1 heterocycles. The SMILES string of the molecule is CO/C(C)=C(\C(=O)O)N1C(=O)C(NC(=O)COc2ccccc2)C1SS(=O)(=O)c1ccccc1OC. The molecule has 13 heteroatoms. The molecule has 192 valence electrons. The highest BCUT2D eigenvalue weighted by Gasteiger charge is 2.54. The van der Waals surface area contributed by atoms with Gasteiger partial charge in [-0.1, -0.05) is 30.3 Å². The quantitative estimate of drug-likeness (QED) is 0.188. The van der Waals surface area contributed by atoms with E-state index < -0.39 is 50.4 Å². The normalized spacial score (nSPS) is 18.0. The Kier molecular flexibility index (Phi) is 8.48. The molecular formula is C23H24N2O9S2. The Bertz CT molecular complexity index is 1280. The number of nitrogens with one attached hydrogen (secondary N) is 1. The molecule has 1 saturated heterocycles. The number of nitrogens with zero attached hydrogens (tertiary/aromatic N) is 1. The van der Waals surface area contributed by atoms with Gasteiger partial charge in [-0.05, 0) is 31.2 Å². The van der Waals surface area contributed by atoms with Gasteiger partial charge in [0.05, 0.1) is 14.2 Å². The lowest BCUT2D eigenvalue weighted by Gasteiger charge is -2.46. The number of benzene rings is 2. The maximum absolute atomic E-state index is 13.3. The van der Waals surface area contributed by atoms with E-state index in [1.807, 2.05) is 0 Å². The van der Waals surface area contributed by atoms with E-state index >= 15 is 0 Å². The van der Waals surface area contributed by atoms with Crippen molar-refractivity contribution in [3.05, 3.63) is 66.1 Å². The number of amides is 2. The van der Waals surface area contributed by atoms with E-state index in [4.69, 9.17) is 14.2 Å². The number of methoxy groups -OCH3 is 2. The third kappa shape index (κ3) is 5.74. The summed E-state index contributed by atoms with van der Waals surface area (Å²) in [6.07, 6.45) is 0. The number of aliphatic carboxylic acids is 1. The molecule has 0 aromatic heterocycles. The van der Waals surface area contributed by atoms with Crippen molar-refractivity contribution in [1.82, 2.24) is 10.2 Å². The van der Waals surface area contributed by atoms with Crippen molar-refractivity contribution in [2.75, 3.05) is 20.8 Å². The summed E-state index contributed by atoms with van der Waals surface area (Å²) in [7, 11) is -1.34. The molecule has 3 rings (SSSR count). The fraction of sp³-hybridized carbons (Fsp3) is 0.261. The summed E-state index contributed by atoms with van der Waals surface area (Å²) >= 11 is 0. The van der Waals surface area contributed by atoms with E-state index in [1.54, 1.807) is 36.4 Å². The first kappa shape index (κ1) is 26.9. The predicted octanol–water partition coefficient (Wildman–Crippen LogP) is 1.81. The molecule has 0 spiro atoms. The summed E-state index contributed by atoms with van der Waals surface area (Å²) in [5, 5.41) is 10.8. The Labute approximate surface area is 211 Å². The summed E-state index contributed by atoms with van der Waals surface area (Å²) in [6, 6.07) is 13.0. The molecule has 11 nitrogen and oxygen atoms in total. The third-order valence-corrected chi connectivity index (χ3v) is 8.82. The Hall–Kier alpha value is -3.71. The van der Waals surface area contributed by atoms with Gasteiger partial charge in [0.1, 0.15) is 33.6 Å². The van der Waals surface area contributed by atoms with Crippen LogP contribution in [0.1, 0.15) is 6.92 Å². The maximum atomic E-state index is 13.3. The van der Waals surface area contributed by atoms with Gasteiger partial charge < -0.3 is 24.6 Å². The number of para-hydroxylation sites is 2. The average Bonchev–Trinajstić information content (AvgIpc) is 2.88. The molecule has 1 aliphatic rings. The molecule has 2 N–H and O–H groups in total. The van der Waals surface area contributed by atoms with Crippen molar-refractivity contribution < 1.29 is 42.1 Å². The van der Waals surface area contributed by atoms with Crippen molar-refractivity contribution >= 4 is 37.4 Å². The topological polar surface area (TPSA) is 149 Å². The Balaban J connectivity index is 1.89. The van der Waals surface area contributed by atoms with Crippen LogP contribution in [-0.4, -0.2) is 68.5 Å². The highest BCUT2D eigenvalue weighted by molar-refractivity contribution is 8.72. The van der Waals surface area contributed by atoms with Crippen LogP contribution in [0, 0.1) is 0 Å². The predicted molar refractivity (Wildman–Crippen MR) is 130 cm³/mol. The molecule has 1 aliphatic heterocycles. The lowest BCUT2D eigenvalue weighted by atomic mass is 10.1. The van der Waals surface area contributed by atoms with Gasteiger partial charge >= 0.3 is 5.97 Å². The molecule has 0 saturated carbocycles. The highest BCUT2D eigenvalue weighted by Crippen LogP contribution is 2.42. The van der Waals surface area contributed by atoms with Crippen LogP contribution in [0.15, 0.2) is 70.9 Å². The lowest BCUT2D eigenvalue weighted by molar-refractivity contribution is -0.151. The summed E-state index contributed by atoms with van der Waals surface area (Å²) in [6.45, 7) is 0.885. The standard InChI is InChI=1S/C23H24N2O9S2/c1-14(32-2)20(23(28)29)25-21(27)19(24-18(26)13-34-15-9-5-4-6-10-15)22(25)35-36(30,31)17-12-8-7-11-16(17)33-3/h4-12,19,22H,13H2,1-3H3,(H,24,26)(H,28,29)/b20-14+. The van der Waals surface area contributed by atoms with Crippen LogP contribution in [0.4, 0.5) is 0 Å². The van der Waals surface area contributed by atoms with E-state index in [0.29, 0.717) is 16.5 Å². The van der Waals surface area contributed by atoms with Crippen LogP contribution >= 0.6 is 10.8 Å². The number of carbonyl (C=O) groups excluding carboxylic acids is 2. The van der Waals surface area contributed by atoms with E-state index in [0.717, 1.165) is 4.90 Å². The zero-order chi connectivity index (χ0) is 26.5. The largest absolute Gasteiger partial charge is 0.499 e. The number of hydrogen-bond acceptors (Lipinski definition) is 9. The first-order valence-corrected chi connectivity index (χ1v) is 13.3. The molecule has 0 radical (unpaired) electrons. The smallest absolute Gasteiger partial charge is 0.356 e. The van der Waals surface area contributed by atoms with Crippen LogP contribution in [0.2, 0.25) is 0 Å². The lowest BCUT2D eigenvalue weighted by Crippen LogP contribution is -2.70. The molecule has 2 aromatic carbocycles. The van der Waals surface area contributed by atoms with Gasteiger partial charge in [-0.3, -0.25) is 14.5 Å². The van der Waals surface area contributed by atoms with E-state index in [9.17, 15) is 27.9 Å². The first-order valence-electron chi connectivity index (χ1n) is 10.5. The van der Waals surface area contributed by atoms with Crippen molar-refractivity contribution in [2.24, 2.45) is 0 Å². The zero-order valence-electron chi connectivity index (χ0n) is 19.5. The summed E-state index contributed by atoms with van der Waals surface area (Å²) in [5.41, 5.74) is -0.540. The number of ether oxygens (including phenoxy) is 3. The number of allylic oxidation sites excluding steroid dienone is 1. The molecule has 0 aliphatic carbocycles. The van der Waals surface area contributed by atoms with Crippen molar-refractivity contribution in [3.8, 4) is 11.5 Å². The van der Waals surface area contributed by atoms with Gasteiger partial charge in [-0.25, -0.2) is 13.2 Å². The number of β-lactam (4-membered cyclic amide) rings is 1. The molecule has 2 atom stereocenters. The second kappa shape index (κ2) is 11.4. The molecular weight excluding hydrogens is 512 g/mol. The Morgan fingerprint density at radius 3 is 2.33 bits per heavy atom. The van der Waals surface area contributed by atoms with Gasteiger partial charge in [0.25, 0.3) is 11.8 Å². The molecule has 1 fully saturated rings. The number of likely N-dealkylation sites (tertiary alicyclic amines) is 1. The fourth-order valence-corrected chi connectivity index (χ4v) is 7.03. The minimum absolute atomic E-state index is 0.0705. The van der Waals surface area contributed by atoms with Crippen LogP contribution < -0.4 is 14.8 Å². The van der Waals surface area contributed by atoms with Crippen LogP contribution in [0.25, 0.3) is 0 Å². The van der Waals surface area contributed by atoms with Gasteiger partial charge in [-0.2, -0.15) is 0 Å². The maximum Gasteiger partial charge on any atom is 0.356 e. The van der Waals surface area contributed by atoms with E-state index in [-0.39, 0.29) is 16.4 Å². The Morgan fingerprint density at radius 1 is 1.08 bits per heavy atom. The summed E-state index contributed by atoms with van der Waals surface area (Å²) < 4.78 is 42.0. The van der Waals surface area contributed by atoms with Gasteiger partial charge in [0.2, 0.25) is 8.87 Å². The third-order valence-electron chi connectivity index (χ3n) is 5.12. The van der Waals surface area contributed by atoms with Crippen LogP contribution in [0.3, 0.4) is 0 Å². The number of rotatable bonds is 11. The Morgan fingerprint density at radius 2 is 1.72 bits per heavy atom. The second-order valence-electron chi connectivity index (χ2n) is 7.36.